The first-order valence-corrected chi connectivity index (χ1v) is 5.61. The Kier molecular flexibility index (Phi) is 4.15. The average molecular weight is 231 g/mol. The van der Waals surface area contributed by atoms with E-state index in [1.54, 1.807) is 27.7 Å². The third-order valence-corrected chi connectivity index (χ3v) is 2.03. The molecule has 5 nitrogen and oxygen atoms in total. The van der Waals surface area contributed by atoms with Crippen molar-refractivity contribution in [3.8, 4) is 0 Å². The van der Waals surface area contributed by atoms with E-state index in [1.165, 1.54) is 0 Å². The molecule has 1 unspecified atom stereocenters. The Labute approximate surface area is 96.1 Å². The highest BCUT2D eigenvalue weighted by Crippen LogP contribution is 2.25. The van der Waals surface area contributed by atoms with Crippen molar-refractivity contribution in [2.45, 2.75) is 64.6 Å². The molecule has 0 spiro atoms. The molecule has 1 amide bonds. The number of nitrogens with one attached hydrogen (secondary N) is 1. The van der Waals surface area contributed by atoms with Crippen LogP contribution >= 0.6 is 0 Å². The summed E-state index contributed by atoms with van der Waals surface area (Å²) in [6, 6.07) is -0.476. The molecular weight excluding hydrogens is 210 g/mol. The molecule has 5 heteroatoms. The van der Waals surface area contributed by atoms with Crippen molar-refractivity contribution >= 4 is 6.09 Å². The minimum atomic E-state index is -0.972. The highest BCUT2D eigenvalue weighted by atomic mass is 16.6. The fraction of sp³-hybridized carbons (Fsp3) is 0.909. The molecule has 0 aliphatic heterocycles. The minimum Gasteiger partial charge on any atom is -0.444 e. The number of amides is 1. The summed E-state index contributed by atoms with van der Waals surface area (Å²) < 4.78 is 10.3. The molecule has 0 aromatic rings. The number of aliphatic hydroxyl groups excluding tert-OH is 1. The normalized spacial score (nSPS) is 20.1. The van der Waals surface area contributed by atoms with Crippen molar-refractivity contribution in [2.24, 2.45) is 0 Å². The molecule has 0 aromatic carbocycles. The number of ether oxygens (including phenoxy) is 2. The number of hydrogen-bond donors (Lipinski definition) is 2. The van der Waals surface area contributed by atoms with Gasteiger partial charge >= 0.3 is 6.09 Å². The summed E-state index contributed by atoms with van der Waals surface area (Å²) in [4.78, 5) is 11.4. The maximum absolute atomic E-state index is 11.4. The second-order valence-electron chi connectivity index (χ2n) is 5.16. The van der Waals surface area contributed by atoms with Gasteiger partial charge in [0.1, 0.15) is 5.60 Å². The molecule has 1 rings (SSSR count). The van der Waals surface area contributed by atoms with E-state index in [0.717, 1.165) is 12.8 Å². The molecule has 1 aliphatic carbocycles. The lowest BCUT2D eigenvalue weighted by Gasteiger charge is -2.24. The van der Waals surface area contributed by atoms with Gasteiger partial charge in [-0.15, -0.1) is 0 Å². The molecule has 0 aromatic heterocycles. The Morgan fingerprint density at radius 3 is 2.44 bits per heavy atom. The topological polar surface area (TPSA) is 67.8 Å². The number of carbonyl (C=O) groups excluding carboxylic acids is 1. The van der Waals surface area contributed by atoms with Crippen LogP contribution in [0.5, 0.6) is 0 Å². The Bertz CT molecular complexity index is 245. The summed E-state index contributed by atoms with van der Waals surface area (Å²) in [6.07, 6.45) is 0.600. The van der Waals surface area contributed by atoms with Gasteiger partial charge in [-0.05, 0) is 40.5 Å². The summed E-state index contributed by atoms with van der Waals surface area (Å²) in [6.45, 7) is 7.04. The zero-order chi connectivity index (χ0) is 12.3. The maximum Gasteiger partial charge on any atom is 0.408 e. The van der Waals surface area contributed by atoms with Gasteiger partial charge in [-0.3, -0.25) is 0 Å². The van der Waals surface area contributed by atoms with Gasteiger partial charge in [-0.25, -0.2) is 4.79 Å². The first kappa shape index (κ1) is 13.3. The number of aliphatic hydroxyl groups is 1. The van der Waals surface area contributed by atoms with Gasteiger partial charge in [0.25, 0.3) is 0 Å². The van der Waals surface area contributed by atoms with Gasteiger partial charge in [0.05, 0.1) is 12.1 Å². The Balaban J connectivity index is 2.26. The summed E-state index contributed by atoms with van der Waals surface area (Å²) in [5.41, 5.74) is -0.536. The van der Waals surface area contributed by atoms with Crippen molar-refractivity contribution in [1.29, 1.82) is 0 Å². The number of rotatable bonds is 4. The monoisotopic (exact) mass is 231 g/mol. The molecule has 2 N–H and O–H groups in total. The third-order valence-electron chi connectivity index (χ3n) is 2.03. The van der Waals surface area contributed by atoms with Crippen LogP contribution in [0.25, 0.3) is 0 Å². The largest absolute Gasteiger partial charge is 0.444 e. The third kappa shape index (κ3) is 5.32. The zero-order valence-corrected chi connectivity index (χ0v) is 10.3. The molecule has 0 radical (unpaired) electrons. The fourth-order valence-electron chi connectivity index (χ4n) is 1.08. The Morgan fingerprint density at radius 2 is 2.00 bits per heavy atom. The van der Waals surface area contributed by atoms with Gasteiger partial charge in [-0.2, -0.15) is 0 Å². The fourth-order valence-corrected chi connectivity index (χ4v) is 1.08. The summed E-state index contributed by atoms with van der Waals surface area (Å²) in [7, 11) is 0. The van der Waals surface area contributed by atoms with E-state index in [-0.39, 0.29) is 6.10 Å². The van der Waals surface area contributed by atoms with Crippen molar-refractivity contribution in [3.63, 3.8) is 0 Å². The minimum absolute atomic E-state index is 0.151. The first-order valence-electron chi connectivity index (χ1n) is 5.61. The summed E-state index contributed by atoms with van der Waals surface area (Å²) >= 11 is 0. The van der Waals surface area contributed by atoms with E-state index in [4.69, 9.17) is 9.47 Å². The summed E-state index contributed by atoms with van der Waals surface area (Å²) in [5.74, 6) is 0. The lowest BCUT2D eigenvalue weighted by atomic mass is 10.2. The van der Waals surface area contributed by atoms with Crippen LogP contribution < -0.4 is 5.32 Å². The predicted octanol–water partition coefficient (Wildman–Crippen LogP) is 1.40. The Hall–Kier alpha value is -0.810. The van der Waals surface area contributed by atoms with Crippen molar-refractivity contribution < 1.29 is 19.4 Å². The molecular formula is C11H21NO4. The van der Waals surface area contributed by atoms with Crippen LogP contribution in [-0.2, 0) is 9.47 Å². The molecule has 1 saturated carbocycles. The molecule has 94 valence electrons. The molecule has 0 saturated heterocycles. The standard InChI is InChI=1S/C11H21NO4/c1-7(9(13)15-8-5-6-8)12-10(14)16-11(2,3)4/h7-9,13H,5-6H2,1-4H3,(H,12,14)/t7-,9?/m1/s1. The second-order valence-corrected chi connectivity index (χ2v) is 5.16. The van der Waals surface area contributed by atoms with Crippen LogP contribution in [0.2, 0.25) is 0 Å². The molecule has 1 fully saturated rings. The van der Waals surface area contributed by atoms with E-state index >= 15 is 0 Å². The number of carbonyl (C=O) groups is 1. The molecule has 1 aliphatic rings. The molecule has 16 heavy (non-hydrogen) atoms. The van der Waals surface area contributed by atoms with Gasteiger partial charge in [0.15, 0.2) is 6.29 Å². The maximum atomic E-state index is 11.4. The van der Waals surface area contributed by atoms with E-state index in [1.807, 2.05) is 0 Å². The van der Waals surface area contributed by atoms with Crippen LogP contribution in [0, 0.1) is 0 Å². The number of hydrogen-bond acceptors (Lipinski definition) is 4. The van der Waals surface area contributed by atoms with Gasteiger partial charge in [0.2, 0.25) is 0 Å². The highest BCUT2D eigenvalue weighted by molar-refractivity contribution is 5.68. The van der Waals surface area contributed by atoms with E-state index < -0.39 is 24.0 Å². The van der Waals surface area contributed by atoms with Crippen molar-refractivity contribution in [3.05, 3.63) is 0 Å². The van der Waals surface area contributed by atoms with E-state index in [2.05, 4.69) is 5.32 Å². The van der Waals surface area contributed by atoms with Gasteiger partial charge in [0, 0.05) is 0 Å². The smallest absolute Gasteiger partial charge is 0.408 e. The first-order chi connectivity index (χ1) is 7.28. The molecule has 2 atom stereocenters. The molecule has 0 heterocycles. The van der Waals surface area contributed by atoms with Gasteiger partial charge < -0.3 is 19.9 Å². The molecule has 0 bridgehead atoms. The quantitative estimate of drug-likeness (QED) is 0.718. The lowest BCUT2D eigenvalue weighted by molar-refractivity contribution is -0.124. The number of alkyl carbamates (subject to hydrolysis) is 1. The van der Waals surface area contributed by atoms with Crippen LogP contribution in [0.3, 0.4) is 0 Å². The van der Waals surface area contributed by atoms with Crippen LogP contribution in [0.15, 0.2) is 0 Å². The van der Waals surface area contributed by atoms with Crippen LogP contribution in [0.1, 0.15) is 40.5 Å². The predicted molar refractivity (Wildman–Crippen MR) is 58.9 cm³/mol. The Morgan fingerprint density at radius 1 is 1.44 bits per heavy atom. The second kappa shape index (κ2) is 5.01. The zero-order valence-electron chi connectivity index (χ0n) is 10.3. The van der Waals surface area contributed by atoms with Crippen LogP contribution in [-0.4, -0.2) is 35.2 Å². The van der Waals surface area contributed by atoms with E-state index in [9.17, 15) is 9.90 Å². The lowest BCUT2D eigenvalue weighted by Crippen LogP contribution is -2.44. The van der Waals surface area contributed by atoms with E-state index in [0.29, 0.717) is 0 Å². The van der Waals surface area contributed by atoms with Crippen LogP contribution in [0.4, 0.5) is 4.79 Å². The van der Waals surface area contributed by atoms with Crippen molar-refractivity contribution in [2.75, 3.05) is 0 Å². The van der Waals surface area contributed by atoms with Gasteiger partial charge in [-0.1, -0.05) is 0 Å². The SMILES string of the molecule is C[C@@H](NC(=O)OC(C)(C)C)C(O)OC1CC1. The highest BCUT2D eigenvalue weighted by Gasteiger charge is 2.29. The summed E-state index contributed by atoms with van der Waals surface area (Å²) in [5, 5.41) is 12.1. The average Bonchev–Trinajstić information content (AvgIpc) is 2.83. The van der Waals surface area contributed by atoms with Crippen molar-refractivity contribution in [1.82, 2.24) is 5.32 Å².